The van der Waals surface area contributed by atoms with E-state index in [2.05, 4.69) is 27.4 Å². The van der Waals surface area contributed by atoms with Crippen LogP contribution in [0.1, 0.15) is 19.8 Å². The third-order valence-electron chi connectivity index (χ3n) is 2.38. The zero-order chi connectivity index (χ0) is 12.3. The van der Waals surface area contributed by atoms with Gasteiger partial charge in [-0.3, -0.25) is 4.79 Å². The molecule has 1 saturated carbocycles. The van der Waals surface area contributed by atoms with Crippen LogP contribution in [0.2, 0.25) is 0 Å². The fourth-order valence-electron chi connectivity index (χ4n) is 1.28. The van der Waals surface area contributed by atoms with Gasteiger partial charge in [0, 0.05) is 6.04 Å². The number of thioether (sulfide) groups is 1. The first-order valence-corrected chi connectivity index (χ1v) is 6.42. The first kappa shape index (κ1) is 12.1. The van der Waals surface area contributed by atoms with Gasteiger partial charge in [-0.05, 0) is 30.2 Å². The monoisotopic (exact) mass is 253 g/mol. The number of carbonyl (C=O) groups excluding carboxylic acids is 1. The number of carbonyl (C=O) groups is 1. The predicted molar refractivity (Wildman–Crippen MR) is 64.5 cm³/mol. The lowest BCUT2D eigenvalue weighted by Crippen LogP contribution is -2.32. The second-order valence-corrected chi connectivity index (χ2v) is 5.28. The number of hydrogen-bond acceptors (Lipinski definition) is 5. The Kier molecular flexibility index (Phi) is 3.78. The first-order chi connectivity index (χ1) is 8.20. The molecule has 1 amide bonds. The molecule has 1 unspecified atom stereocenters. The van der Waals surface area contributed by atoms with Crippen molar-refractivity contribution >= 4 is 17.7 Å². The lowest BCUT2D eigenvalue weighted by Gasteiger charge is -2.10. The minimum Gasteiger partial charge on any atom is -0.352 e. The van der Waals surface area contributed by atoms with Gasteiger partial charge in [0.1, 0.15) is 0 Å². The van der Waals surface area contributed by atoms with E-state index in [1.54, 1.807) is 10.8 Å². The molecule has 0 aromatic carbocycles. The summed E-state index contributed by atoms with van der Waals surface area (Å²) in [6.45, 7) is 6.04. The van der Waals surface area contributed by atoms with E-state index in [9.17, 15) is 4.79 Å². The molecule has 1 aliphatic rings. The summed E-state index contributed by atoms with van der Waals surface area (Å²) in [5, 5.41) is 14.7. The Bertz CT molecular complexity index is 415. The third kappa shape index (κ3) is 3.29. The van der Waals surface area contributed by atoms with Gasteiger partial charge in [-0.2, -0.15) is 0 Å². The molecule has 0 saturated heterocycles. The van der Waals surface area contributed by atoms with Crippen molar-refractivity contribution in [1.82, 2.24) is 25.5 Å². The Labute approximate surface area is 104 Å². The van der Waals surface area contributed by atoms with Crippen molar-refractivity contribution in [2.45, 2.75) is 42.8 Å². The molecule has 1 aromatic heterocycles. The molecule has 1 aromatic rings. The van der Waals surface area contributed by atoms with E-state index >= 15 is 0 Å². The van der Waals surface area contributed by atoms with E-state index in [-0.39, 0.29) is 11.2 Å². The molecule has 2 rings (SSSR count). The summed E-state index contributed by atoms with van der Waals surface area (Å²) < 4.78 is 1.62. The maximum Gasteiger partial charge on any atom is 0.233 e. The van der Waals surface area contributed by atoms with E-state index in [1.807, 2.05) is 6.92 Å². The Balaban J connectivity index is 1.91. The molecular weight excluding hydrogens is 238 g/mol. The van der Waals surface area contributed by atoms with Gasteiger partial charge in [0.2, 0.25) is 11.1 Å². The van der Waals surface area contributed by atoms with Crippen molar-refractivity contribution in [2.24, 2.45) is 0 Å². The SMILES string of the molecule is C=CCn1nnnc1SC(C)C(=O)NC1CC1. The highest BCUT2D eigenvalue weighted by molar-refractivity contribution is 8.00. The average molecular weight is 253 g/mol. The van der Waals surface area contributed by atoms with Crippen LogP contribution < -0.4 is 5.32 Å². The van der Waals surface area contributed by atoms with Crippen LogP contribution in [0, 0.1) is 0 Å². The third-order valence-corrected chi connectivity index (χ3v) is 3.45. The number of amides is 1. The second kappa shape index (κ2) is 5.31. The van der Waals surface area contributed by atoms with Gasteiger partial charge < -0.3 is 5.32 Å². The molecule has 0 aliphatic heterocycles. The average Bonchev–Trinajstić information content (AvgIpc) is 3.01. The Morgan fingerprint density at radius 1 is 1.76 bits per heavy atom. The van der Waals surface area contributed by atoms with Crippen molar-refractivity contribution in [3.63, 3.8) is 0 Å². The molecular formula is C10H15N5OS. The highest BCUT2D eigenvalue weighted by Crippen LogP contribution is 2.23. The van der Waals surface area contributed by atoms with Gasteiger partial charge in [-0.25, -0.2) is 4.68 Å². The van der Waals surface area contributed by atoms with Crippen molar-refractivity contribution in [1.29, 1.82) is 0 Å². The van der Waals surface area contributed by atoms with Crippen molar-refractivity contribution in [3.8, 4) is 0 Å². The Morgan fingerprint density at radius 2 is 2.53 bits per heavy atom. The number of nitrogens with one attached hydrogen (secondary N) is 1. The topological polar surface area (TPSA) is 72.7 Å². The zero-order valence-electron chi connectivity index (χ0n) is 9.67. The molecule has 1 heterocycles. The summed E-state index contributed by atoms with van der Waals surface area (Å²) in [7, 11) is 0. The van der Waals surface area contributed by atoms with Crippen LogP contribution in [-0.2, 0) is 11.3 Å². The summed E-state index contributed by atoms with van der Waals surface area (Å²) in [5.41, 5.74) is 0. The summed E-state index contributed by atoms with van der Waals surface area (Å²) in [4.78, 5) is 11.8. The maximum absolute atomic E-state index is 11.8. The Morgan fingerprint density at radius 3 is 3.18 bits per heavy atom. The summed E-state index contributed by atoms with van der Waals surface area (Å²) in [5.74, 6) is 0.0469. The molecule has 92 valence electrons. The lowest BCUT2D eigenvalue weighted by molar-refractivity contribution is -0.120. The first-order valence-electron chi connectivity index (χ1n) is 5.55. The standard InChI is InChI=1S/C10H15N5OS/c1-3-6-15-10(12-13-14-15)17-7(2)9(16)11-8-4-5-8/h3,7-8H,1,4-6H2,2H3,(H,11,16). The summed E-state index contributed by atoms with van der Waals surface area (Å²) in [6, 6.07) is 0.384. The van der Waals surface area contributed by atoms with Gasteiger partial charge in [0.15, 0.2) is 0 Å². The second-order valence-electron chi connectivity index (χ2n) is 3.98. The van der Waals surface area contributed by atoms with Crippen LogP contribution in [0.15, 0.2) is 17.8 Å². The van der Waals surface area contributed by atoms with Gasteiger partial charge in [-0.1, -0.05) is 17.8 Å². The molecule has 0 bridgehead atoms. The molecule has 1 N–H and O–H groups in total. The Hall–Kier alpha value is -1.37. The van der Waals surface area contributed by atoms with Gasteiger partial charge in [-0.15, -0.1) is 11.7 Å². The number of hydrogen-bond donors (Lipinski definition) is 1. The van der Waals surface area contributed by atoms with Crippen molar-refractivity contribution in [2.75, 3.05) is 0 Å². The highest BCUT2D eigenvalue weighted by Gasteiger charge is 2.26. The van der Waals surface area contributed by atoms with Crippen LogP contribution in [-0.4, -0.2) is 37.4 Å². The quantitative estimate of drug-likeness (QED) is 0.594. The van der Waals surface area contributed by atoms with E-state index in [0.29, 0.717) is 17.7 Å². The maximum atomic E-state index is 11.8. The molecule has 0 spiro atoms. The smallest absolute Gasteiger partial charge is 0.233 e. The van der Waals surface area contributed by atoms with Crippen LogP contribution in [0.4, 0.5) is 0 Å². The highest BCUT2D eigenvalue weighted by atomic mass is 32.2. The summed E-state index contributed by atoms with van der Waals surface area (Å²) in [6.07, 6.45) is 3.91. The largest absolute Gasteiger partial charge is 0.352 e. The van der Waals surface area contributed by atoms with Gasteiger partial charge in [0.25, 0.3) is 0 Å². The lowest BCUT2D eigenvalue weighted by atomic mass is 10.4. The minimum absolute atomic E-state index is 0.0469. The molecule has 1 atom stereocenters. The van der Waals surface area contributed by atoms with Crippen molar-refractivity contribution in [3.05, 3.63) is 12.7 Å². The van der Waals surface area contributed by atoms with Crippen LogP contribution in [0.25, 0.3) is 0 Å². The van der Waals surface area contributed by atoms with E-state index in [4.69, 9.17) is 0 Å². The predicted octanol–water partition coefficient (Wildman–Crippen LogP) is 0.618. The van der Waals surface area contributed by atoms with Crippen LogP contribution >= 0.6 is 11.8 Å². The minimum atomic E-state index is -0.190. The number of tetrazole rings is 1. The van der Waals surface area contributed by atoms with Crippen molar-refractivity contribution < 1.29 is 4.79 Å². The normalized spacial score (nSPS) is 16.5. The molecule has 7 heteroatoms. The molecule has 1 aliphatic carbocycles. The van der Waals surface area contributed by atoms with E-state index in [0.717, 1.165) is 12.8 Å². The molecule has 1 fully saturated rings. The molecule has 6 nitrogen and oxygen atoms in total. The fourth-order valence-corrected chi connectivity index (χ4v) is 2.08. The van der Waals surface area contributed by atoms with Crippen LogP contribution in [0.5, 0.6) is 0 Å². The number of rotatable bonds is 6. The number of allylic oxidation sites excluding steroid dienone is 1. The fraction of sp³-hybridized carbons (Fsp3) is 0.600. The zero-order valence-corrected chi connectivity index (χ0v) is 10.5. The summed E-state index contributed by atoms with van der Waals surface area (Å²) >= 11 is 1.36. The molecule has 0 radical (unpaired) electrons. The number of nitrogens with zero attached hydrogens (tertiary/aromatic N) is 4. The van der Waals surface area contributed by atoms with E-state index < -0.39 is 0 Å². The van der Waals surface area contributed by atoms with Gasteiger partial charge in [0.05, 0.1) is 11.8 Å². The van der Waals surface area contributed by atoms with Crippen LogP contribution in [0.3, 0.4) is 0 Å². The van der Waals surface area contributed by atoms with E-state index in [1.165, 1.54) is 11.8 Å². The molecule has 17 heavy (non-hydrogen) atoms. The van der Waals surface area contributed by atoms with Gasteiger partial charge >= 0.3 is 0 Å². The number of aromatic nitrogens is 4.